The number of thioether (sulfide) groups is 1. The number of hydrogen-bond donors (Lipinski definition) is 1. The highest BCUT2D eigenvalue weighted by molar-refractivity contribution is 8.00. The SMILES string of the molecule is CCOC(=O)CSc1nccc(C(=O)OC)c1N. The number of hydrogen-bond acceptors (Lipinski definition) is 7. The third-order valence-corrected chi connectivity index (χ3v) is 2.97. The fraction of sp³-hybridized carbons (Fsp3) is 0.364. The van der Waals surface area contributed by atoms with Crippen molar-refractivity contribution in [2.75, 3.05) is 25.2 Å². The van der Waals surface area contributed by atoms with E-state index in [2.05, 4.69) is 9.72 Å². The molecule has 98 valence electrons. The summed E-state index contributed by atoms with van der Waals surface area (Å²) in [6, 6.07) is 1.47. The Hall–Kier alpha value is -1.76. The highest BCUT2D eigenvalue weighted by Gasteiger charge is 2.15. The lowest BCUT2D eigenvalue weighted by molar-refractivity contribution is -0.139. The number of nitrogens with zero attached hydrogens (tertiary/aromatic N) is 1. The molecule has 6 nitrogen and oxygen atoms in total. The Labute approximate surface area is 109 Å². The van der Waals surface area contributed by atoms with Gasteiger partial charge in [0.15, 0.2) is 0 Å². The fourth-order valence-corrected chi connectivity index (χ4v) is 1.93. The van der Waals surface area contributed by atoms with Gasteiger partial charge >= 0.3 is 11.9 Å². The highest BCUT2D eigenvalue weighted by Crippen LogP contribution is 2.25. The molecule has 0 amide bonds. The van der Waals surface area contributed by atoms with Crippen molar-refractivity contribution < 1.29 is 19.1 Å². The molecule has 0 aromatic carbocycles. The minimum Gasteiger partial charge on any atom is -0.465 e. The van der Waals surface area contributed by atoms with Gasteiger partial charge in [-0.1, -0.05) is 11.8 Å². The van der Waals surface area contributed by atoms with Crippen LogP contribution in [0.1, 0.15) is 17.3 Å². The van der Waals surface area contributed by atoms with E-state index >= 15 is 0 Å². The van der Waals surface area contributed by atoms with Gasteiger partial charge in [-0.3, -0.25) is 4.79 Å². The van der Waals surface area contributed by atoms with Crippen LogP contribution in [0.2, 0.25) is 0 Å². The van der Waals surface area contributed by atoms with E-state index in [1.807, 2.05) is 0 Å². The van der Waals surface area contributed by atoms with Gasteiger partial charge in [0.1, 0.15) is 5.03 Å². The fourth-order valence-electron chi connectivity index (χ4n) is 1.19. The van der Waals surface area contributed by atoms with Crippen LogP contribution in [-0.2, 0) is 14.3 Å². The van der Waals surface area contributed by atoms with Gasteiger partial charge in [0.2, 0.25) is 0 Å². The number of methoxy groups -OCH3 is 1. The third-order valence-electron chi connectivity index (χ3n) is 1.99. The maximum absolute atomic E-state index is 11.4. The summed E-state index contributed by atoms with van der Waals surface area (Å²) in [4.78, 5) is 26.6. The molecule has 1 aromatic rings. The van der Waals surface area contributed by atoms with Crippen molar-refractivity contribution >= 4 is 29.4 Å². The molecule has 1 rings (SSSR count). The number of rotatable bonds is 5. The van der Waals surface area contributed by atoms with E-state index in [4.69, 9.17) is 10.5 Å². The van der Waals surface area contributed by atoms with Crippen molar-refractivity contribution in [1.29, 1.82) is 0 Å². The molecule has 0 aliphatic carbocycles. The molecule has 0 unspecified atom stereocenters. The number of carbonyl (C=O) groups excluding carboxylic acids is 2. The number of nitrogens with two attached hydrogens (primary N) is 1. The van der Waals surface area contributed by atoms with E-state index < -0.39 is 5.97 Å². The van der Waals surface area contributed by atoms with Crippen LogP contribution in [0.3, 0.4) is 0 Å². The number of pyridine rings is 1. The average Bonchev–Trinajstić information content (AvgIpc) is 2.37. The molecule has 0 saturated heterocycles. The van der Waals surface area contributed by atoms with Crippen LogP contribution in [0.25, 0.3) is 0 Å². The summed E-state index contributed by atoms with van der Waals surface area (Å²) in [5, 5.41) is 0.408. The van der Waals surface area contributed by atoms with E-state index in [0.29, 0.717) is 11.6 Å². The van der Waals surface area contributed by atoms with Gasteiger partial charge < -0.3 is 15.2 Å². The maximum Gasteiger partial charge on any atom is 0.340 e. The van der Waals surface area contributed by atoms with E-state index in [1.54, 1.807) is 6.92 Å². The summed E-state index contributed by atoms with van der Waals surface area (Å²) in [5.41, 5.74) is 6.23. The predicted octanol–water partition coefficient (Wildman–Crippen LogP) is 1.11. The second-order valence-electron chi connectivity index (χ2n) is 3.16. The van der Waals surface area contributed by atoms with E-state index in [0.717, 1.165) is 11.8 Å². The average molecular weight is 270 g/mol. The minimum atomic E-state index is -0.534. The molecule has 2 N–H and O–H groups in total. The van der Waals surface area contributed by atoms with Crippen molar-refractivity contribution in [3.63, 3.8) is 0 Å². The minimum absolute atomic E-state index is 0.0929. The molecular weight excluding hydrogens is 256 g/mol. The molecule has 0 bridgehead atoms. The number of carbonyl (C=O) groups is 2. The first-order valence-corrected chi connectivity index (χ1v) is 6.19. The van der Waals surface area contributed by atoms with Crippen molar-refractivity contribution in [2.45, 2.75) is 11.9 Å². The van der Waals surface area contributed by atoms with Gasteiger partial charge in [-0.05, 0) is 13.0 Å². The zero-order valence-electron chi connectivity index (χ0n) is 10.1. The Bertz CT molecular complexity index is 451. The normalized spacial score (nSPS) is 9.89. The molecule has 0 spiro atoms. The highest BCUT2D eigenvalue weighted by atomic mass is 32.2. The predicted molar refractivity (Wildman–Crippen MR) is 67.3 cm³/mol. The van der Waals surface area contributed by atoms with Gasteiger partial charge in [0.25, 0.3) is 0 Å². The van der Waals surface area contributed by atoms with Crippen LogP contribution < -0.4 is 5.73 Å². The molecule has 0 saturated carbocycles. The summed E-state index contributed by atoms with van der Waals surface area (Å²) in [6.07, 6.45) is 1.44. The Balaban J connectivity index is 2.78. The summed E-state index contributed by atoms with van der Waals surface area (Å²) < 4.78 is 9.37. The Morgan fingerprint density at radius 2 is 2.22 bits per heavy atom. The second-order valence-corrected chi connectivity index (χ2v) is 4.13. The van der Waals surface area contributed by atoms with E-state index in [1.165, 1.54) is 19.4 Å². The quantitative estimate of drug-likeness (QED) is 0.632. The zero-order valence-corrected chi connectivity index (χ0v) is 11.0. The lowest BCUT2D eigenvalue weighted by atomic mass is 10.2. The molecule has 18 heavy (non-hydrogen) atoms. The third kappa shape index (κ3) is 3.63. The van der Waals surface area contributed by atoms with Crippen molar-refractivity contribution in [2.24, 2.45) is 0 Å². The Morgan fingerprint density at radius 3 is 2.83 bits per heavy atom. The van der Waals surface area contributed by atoms with E-state index in [9.17, 15) is 9.59 Å². The molecule has 1 aromatic heterocycles. The lowest BCUT2D eigenvalue weighted by Gasteiger charge is -2.07. The maximum atomic E-state index is 11.4. The topological polar surface area (TPSA) is 91.5 Å². The number of aromatic nitrogens is 1. The van der Waals surface area contributed by atoms with Crippen molar-refractivity contribution in [1.82, 2.24) is 4.98 Å². The van der Waals surface area contributed by atoms with Crippen molar-refractivity contribution in [3.05, 3.63) is 17.8 Å². The summed E-state index contributed by atoms with van der Waals surface area (Å²) in [7, 11) is 1.27. The molecule has 0 aliphatic heterocycles. The number of nitrogen functional groups attached to an aromatic ring is 1. The number of anilines is 1. The Morgan fingerprint density at radius 1 is 1.50 bits per heavy atom. The second kappa shape index (κ2) is 6.85. The molecule has 0 aliphatic rings. The van der Waals surface area contributed by atoms with Gasteiger partial charge in [0.05, 0.1) is 30.7 Å². The van der Waals surface area contributed by atoms with Crippen LogP contribution in [0.4, 0.5) is 5.69 Å². The van der Waals surface area contributed by atoms with Gasteiger partial charge in [0, 0.05) is 6.20 Å². The van der Waals surface area contributed by atoms with Crippen LogP contribution in [0, 0.1) is 0 Å². The van der Waals surface area contributed by atoms with E-state index in [-0.39, 0.29) is 23.0 Å². The summed E-state index contributed by atoms with van der Waals surface area (Å²) >= 11 is 1.12. The standard InChI is InChI=1S/C11H14N2O4S/c1-3-17-8(14)6-18-10-9(12)7(4-5-13-10)11(15)16-2/h4-5H,3,6,12H2,1-2H3. The lowest BCUT2D eigenvalue weighted by Crippen LogP contribution is -2.09. The van der Waals surface area contributed by atoms with Crippen LogP contribution in [-0.4, -0.2) is 36.4 Å². The molecule has 0 atom stereocenters. The van der Waals surface area contributed by atoms with Crippen LogP contribution >= 0.6 is 11.8 Å². The first-order chi connectivity index (χ1) is 8.60. The smallest absolute Gasteiger partial charge is 0.340 e. The van der Waals surface area contributed by atoms with Crippen LogP contribution in [0.5, 0.6) is 0 Å². The largest absolute Gasteiger partial charge is 0.465 e. The van der Waals surface area contributed by atoms with Crippen molar-refractivity contribution in [3.8, 4) is 0 Å². The molecule has 0 radical (unpaired) electrons. The monoisotopic (exact) mass is 270 g/mol. The first-order valence-electron chi connectivity index (χ1n) is 5.21. The molecular formula is C11H14N2O4S. The number of ether oxygens (including phenoxy) is 2. The van der Waals surface area contributed by atoms with Crippen LogP contribution in [0.15, 0.2) is 17.3 Å². The number of esters is 2. The molecule has 1 heterocycles. The summed E-state index contributed by atoms with van der Waals surface area (Å²) in [6.45, 7) is 2.05. The first kappa shape index (κ1) is 14.3. The van der Waals surface area contributed by atoms with Gasteiger partial charge in [-0.2, -0.15) is 0 Å². The molecule has 0 fully saturated rings. The summed E-state index contributed by atoms with van der Waals surface area (Å²) in [5.74, 6) is -0.796. The molecule has 7 heteroatoms. The van der Waals surface area contributed by atoms with Gasteiger partial charge in [-0.25, -0.2) is 9.78 Å². The Kier molecular flexibility index (Phi) is 5.44. The van der Waals surface area contributed by atoms with Gasteiger partial charge in [-0.15, -0.1) is 0 Å². The zero-order chi connectivity index (χ0) is 13.5.